The molecule has 0 unspecified atom stereocenters. The van der Waals surface area contributed by atoms with Crippen LogP contribution >= 0.6 is 0 Å². The summed E-state index contributed by atoms with van der Waals surface area (Å²) < 4.78 is 0. The highest BCUT2D eigenvalue weighted by Gasteiger charge is 2.36. The van der Waals surface area contributed by atoms with E-state index in [0.717, 1.165) is 6.42 Å². The van der Waals surface area contributed by atoms with Crippen molar-refractivity contribution in [3.05, 3.63) is 0 Å². The number of aliphatic hydroxyl groups is 1. The topological polar surface area (TPSA) is 49.3 Å². The first-order chi connectivity index (χ1) is 4.91. The van der Waals surface area contributed by atoms with Gasteiger partial charge in [-0.05, 0) is 26.2 Å². The maximum atomic E-state index is 11.1. The summed E-state index contributed by atoms with van der Waals surface area (Å²) in [7, 11) is 0. The lowest BCUT2D eigenvalue weighted by Crippen LogP contribution is -2.43. The number of carbonyl (C=O) groups is 1. The van der Waals surface area contributed by atoms with Gasteiger partial charge in [-0.3, -0.25) is 4.79 Å². The molecule has 0 aromatic carbocycles. The number of amides is 1. The SMILES string of the molecule is C[C@@H]1C[C@H]1NC(=O)C(C)(C)O. The van der Waals surface area contributed by atoms with E-state index < -0.39 is 5.60 Å². The average Bonchev–Trinajstić information content (AvgIpc) is 2.44. The molecule has 64 valence electrons. The molecule has 1 saturated carbocycles. The van der Waals surface area contributed by atoms with Crippen LogP contribution in [0.3, 0.4) is 0 Å². The van der Waals surface area contributed by atoms with Crippen molar-refractivity contribution in [2.45, 2.75) is 38.8 Å². The van der Waals surface area contributed by atoms with Gasteiger partial charge in [-0.25, -0.2) is 0 Å². The number of hydrogen-bond donors (Lipinski definition) is 2. The van der Waals surface area contributed by atoms with Crippen LogP contribution < -0.4 is 5.32 Å². The van der Waals surface area contributed by atoms with E-state index in [0.29, 0.717) is 12.0 Å². The van der Waals surface area contributed by atoms with E-state index in [4.69, 9.17) is 0 Å². The molecular formula is C8H15NO2. The van der Waals surface area contributed by atoms with Gasteiger partial charge in [0.05, 0.1) is 0 Å². The number of carbonyl (C=O) groups excluding carboxylic acids is 1. The third kappa shape index (κ3) is 2.19. The van der Waals surface area contributed by atoms with Crippen molar-refractivity contribution < 1.29 is 9.90 Å². The monoisotopic (exact) mass is 157 g/mol. The summed E-state index contributed by atoms with van der Waals surface area (Å²) in [5.41, 5.74) is -1.23. The predicted molar refractivity (Wildman–Crippen MR) is 42.0 cm³/mol. The molecule has 0 heterocycles. The van der Waals surface area contributed by atoms with Gasteiger partial charge in [0.2, 0.25) is 0 Å². The van der Waals surface area contributed by atoms with Crippen LogP contribution in [-0.4, -0.2) is 22.7 Å². The molecule has 0 aromatic rings. The molecule has 3 heteroatoms. The standard InChI is InChI=1S/C8H15NO2/c1-5-4-6(5)9-7(10)8(2,3)11/h5-6,11H,4H2,1-3H3,(H,9,10)/t5-,6-/m1/s1. The largest absolute Gasteiger partial charge is 0.381 e. The molecule has 1 aliphatic carbocycles. The minimum absolute atomic E-state index is 0.271. The average molecular weight is 157 g/mol. The Morgan fingerprint density at radius 2 is 2.09 bits per heavy atom. The number of nitrogens with one attached hydrogen (secondary N) is 1. The second-order valence-electron chi connectivity index (χ2n) is 3.85. The highest BCUT2D eigenvalue weighted by molar-refractivity contribution is 5.84. The maximum Gasteiger partial charge on any atom is 0.251 e. The van der Waals surface area contributed by atoms with Gasteiger partial charge in [0.1, 0.15) is 5.60 Å². The van der Waals surface area contributed by atoms with E-state index in [-0.39, 0.29) is 5.91 Å². The summed E-state index contributed by atoms with van der Waals surface area (Å²) >= 11 is 0. The first kappa shape index (κ1) is 8.53. The van der Waals surface area contributed by atoms with E-state index in [1.165, 1.54) is 13.8 Å². The lowest BCUT2D eigenvalue weighted by molar-refractivity contribution is -0.136. The Hall–Kier alpha value is -0.570. The van der Waals surface area contributed by atoms with Crippen LogP contribution in [0.5, 0.6) is 0 Å². The first-order valence-corrected chi connectivity index (χ1v) is 3.94. The predicted octanol–water partition coefficient (Wildman–Crippen LogP) is 0.282. The molecular weight excluding hydrogens is 142 g/mol. The molecule has 0 bridgehead atoms. The molecule has 11 heavy (non-hydrogen) atoms. The quantitative estimate of drug-likeness (QED) is 0.605. The minimum Gasteiger partial charge on any atom is -0.381 e. The molecule has 0 saturated heterocycles. The minimum atomic E-state index is -1.23. The fraction of sp³-hybridized carbons (Fsp3) is 0.875. The Morgan fingerprint density at radius 3 is 2.36 bits per heavy atom. The summed E-state index contributed by atoms with van der Waals surface area (Å²) in [5.74, 6) is 0.313. The molecule has 1 fully saturated rings. The Labute approximate surface area is 66.8 Å². The Bertz CT molecular complexity index is 171. The molecule has 0 spiro atoms. The summed E-state index contributed by atoms with van der Waals surface area (Å²) in [4.78, 5) is 11.1. The normalized spacial score (nSPS) is 29.8. The summed E-state index contributed by atoms with van der Waals surface area (Å²) in [6, 6.07) is 0.300. The lowest BCUT2D eigenvalue weighted by atomic mass is 10.1. The van der Waals surface area contributed by atoms with E-state index in [1.807, 2.05) is 0 Å². The molecule has 1 aliphatic rings. The van der Waals surface area contributed by atoms with Gasteiger partial charge in [0, 0.05) is 6.04 Å². The van der Waals surface area contributed by atoms with Crippen molar-refractivity contribution in [3.63, 3.8) is 0 Å². The summed E-state index contributed by atoms with van der Waals surface area (Å²) in [6.45, 7) is 5.07. The molecule has 2 atom stereocenters. The van der Waals surface area contributed by atoms with Crippen LogP contribution in [0.2, 0.25) is 0 Å². The zero-order valence-electron chi connectivity index (χ0n) is 7.22. The Morgan fingerprint density at radius 1 is 1.64 bits per heavy atom. The van der Waals surface area contributed by atoms with Crippen LogP contribution in [-0.2, 0) is 4.79 Å². The van der Waals surface area contributed by atoms with Crippen LogP contribution in [0.15, 0.2) is 0 Å². The highest BCUT2D eigenvalue weighted by Crippen LogP contribution is 2.29. The van der Waals surface area contributed by atoms with Crippen molar-refractivity contribution in [2.24, 2.45) is 5.92 Å². The Balaban J connectivity index is 2.33. The smallest absolute Gasteiger partial charge is 0.251 e. The van der Waals surface area contributed by atoms with Crippen LogP contribution in [0.4, 0.5) is 0 Å². The second kappa shape index (κ2) is 2.48. The van der Waals surface area contributed by atoms with Crippen molar-refractivity contribution in [1.29, 1.82) is 0 Å². The molecule has 1 amide bonds. The number of rotatable bonds is 2. The van der Waals surface area contributed by atoms with E-state index in [9.17, 15) is 9.90 Å². The third-order valence-electron chi connectivity index (χ3n) is 1.98. The van der Waals surface area contributed by atoms with Gasteiger partial charge in [-0.1, -0.05) is 6.92 Å². The van der Waals surface area contributed by atoms with Gasteiger partial charge in [0.15, 0.2) is 0 Å². The molecule has 0 radical (unpaired) electrons. The van der Waals surface area contributed by atoms with Gasteiger partial charge in [0.25, 0.3) is 5.91 Å². The van der Waals surface area contributed by atoms with Crippen LogP contribution in [0, 0.1) is 5.92 Å². The third-order valence-corrected chi connectivity index (χ3v) is 1.98. The fourth-order valence-electron chi connectivity index (χ4n) is 0.868. The molecule has 0 aromatic heterocycles. The zero-order valence-corrected chi connectivity index (χ0v) is 7.22. The highest BCUT2D eigenvalue weighted by atomic mass is 16.3. The first-order valence-electron chi connectivity index (χ1n) is 3.94. The lowest BCUT2D eigenvalue weighted by Gasteiger charge is -2.16. The van der Waals surface area contributed by atoms with Gasteiger partial charge in [-0.2, -0.15) is 0 Å². The van der Waals surface area contributed by atoms with E-state index in [2.05, 4.69) is 12.2 Å². The zero-order chi connectivity index (χ0) is 8.65. The second-order valence-corrected chi connectivity index (χ2v) is 3.85. The van der Waals surface area contributed by atoms with Gasteiger partial charge in [-0.15, -0.1) is 0 Å². The van der Waals surface area contributed by atoms with Crippen LogP contribution in [0.25, 0.3) is 0 Å². The van der Waals surface area contributed by atoms with Gasteiger partial charge >= 0.3 is 0 Å². The molecule has 2 N–H and O–H groups in total. The van der Waals surface area contributed by atoms with Crippen molar-refractivity contribution >= 4 is 5.91 Å². The van der Waals surface area contributed by atoms with Gasteiger partial charge < -0.3 is 10.4 Å². The van der Waals surface area contributed by atoms with Crippen molar-refractivity contribution in [2.75, 3.05) is 0 Å². The molecule has 0 aliphatic heterocycles. The number of hydrogen-bond acceptors (Lipinski definition) is 2. The van der Waals surface area contributed by atoms with E-state index >= 15 is 0 Å². The van der Waals surface area contributed by atoms with Crippen LogP contribution in [0.1, 0.15) is 27.2 Å². The molecule has 1 rings (SSSR count). The van der Waals surface area contributed by atoms with Crippen molar-refractivity contribution in [1.82, 2.24) is 5.32 Å². The summed E-state index contributed by atoms with van der Waals surface area (Å²) in [5, 5.41) is 12.0. The van der Waals surface area contributed by atoms with Crippen molar-refractivity contribution in [3.8, 4) is 0 Å². The Kier molecular flexibility index (Phi) is 1.92. The molecule has 3 nitrogen and oxygen atoms in total. The maximum absolute atomic E-state index is 11.1. The van der Waals surface area contributed by atoms with E-state index in [1.54, 1.807) is 0 Å². The fourth-order valence-corrected chi connectivity index (χ4v) is 0.868. The summed E-state index contributed by atoms with van der Waals surface area (Å²) in [6.07, 6.45) is 1.04.